The van der Waals surface area contributed by atoms with Crippen LogP contribution in [0.1, 0.15) is 6.92 Å². The molecule has 0 saturated heterocycles. The van der Waals surface area contributed by atoms with Crippen molar-refractivity contribution in [2.75, 3.05) is 26.7 Å². The zero-order valence-electron chi connectivity index (χ0n) is 7.05. The molecule has 0 aromatic heterocycles. The van der Waals surface area contributed by atoms with E-state index in [1.165, 1.54) is 13.3 Å². The summed E-state index contributed by atoms with van der Waals surface area (Å²) in [6.45, 7) is 3.36. The summed E-state index contributed by atoms with van der Waals surface area (Å²) in [4.78, 5) is 12.3. The Morgan fingerprint density at radius 3 is 2.73 bits per heavy atom. The molecule has 0 atom stereocenters. The van der Waals surface area contributed by atoms with Gasteiger partial charge in [-0.3, -0.25) is 10.2 Å². The second-order valence-electron chi connectivity index (χ2n) is 2.41. The maximum Gasteiger partial charge on any atom is 0.149 e. The highest BCUT2D eigenvalue weighted by Gasteiger charge is 2.00. The first-order valence-corrected chi connectivity index (χ1v) is 3.59. The van der Waals surface area contributed by atoms with Crippen molar-refractivity contribution in [1.29, 1.82) is 5.41 Å². The van der Waals surface area contributed by atoms with E-state index in [0.29, 0.717) is 13.1 Å². The van der Waals surface area contributed by atoms with Gasteiger partial charge in [0.25, 0.3) is 0 Å². The van der Waals surface area contributed by atoms with E-state index in [1.54, 1.807) is 4.90 Å². The minimum Gasteiger partial charge on any atom is -0.355 e. The molecule has 64 valence electrons. The van der Waals surface area contributed by atoms with Crippen LogP contribution < -0.4 is 5.32 Å². The molecule has 11 heavy (non-hydrogen) atoms. The molecule has 0 amide bonds. The third kappa shape index (κ3) is 5.54. The number of carbonyl (C=O) groups excluding carboxylic acids is 1. The smallest absolute Gasteiger partial charge is 0.149 e. The number of hydrogen-bond acceptors (Lipinski definition) is 3. The van der Waals surface area contributed by atoms with Crippen molar-refractivity contribution < 1.29 is 4.79 Å². The number of hydrogen-bond donors (Lipinski definition) is 2. The molecule has 0 bridgehead atoms. The van der Waals surface area contributed by atoms with Gasteiger partial charge in [-0.2, -0.15) is 0 Å². The standard InChI is InChI=1S/C7H15N3O/c1-7(11)5-10(6-8)4-3-9-2/h6,8-9H,3-5H2,1-2H3. The lowest BCUT2D eigenvalue weighted by Gasteiger charge is -2.16. The Morgan fingerprint density at radius 1 is 1.73 bits per heavy atom. The van der Waals surface area contributed by atoms with E-state index >= 15 is 0 Å². The van der Waals surface area contributed by atoms with Crippen LogP contribution >= 0.6 is 0 Å². The zero-order chi connectivity index (χ0) is 8.69. The highest BCUT2D eigenvalue weighted by molar-refractivity contribution is 5.79. The van der Waals surface area contributed by atoms with Crippen molar-refractivity contribution in [3.05, 3.63) is 0 Å². The van der Waals surface area contributed by atoms with Crippen LogP contribution in [0.25, 0.3) is 0 Å². The van der Waals surface area contributed by atoms with E-state index < -0.39 is 0 Å². The second-order valence-corrected chi connectivity index (χ2v) is 2.41. The van der Waals surface area contributed by atoms with Gasteiger partial charge in [-0.05, 0) is 14.0 Å². The van der Waals surface area contributed by atoms with Gasteiger partial charge in [-0.25, -0.2) is 0 Å². The average Bonchev–Trinajstić information content (AvgIpc) is 1.97. The predicted octanol–water partition coefficient (Wildman–Crippen LogP) is -0.296. The number of Topliss-reactive ketones (excluding diaryl/α,β-unsaturated/α-hetero) is 1. The minimum absolute atomic E-state index is 0.0876. The minimum atomic E-state index is 0.0876. The van der Waals surface area contributed by atoms with E-state index in [0.717, 1.165) is 6.54 Å². The van der Waals surface area contributed by atoms with E-state index in [9.17, 15) is 4.79 Å². The van der Waals surface area contributed by atoms with Crippen molar-refractivity contribution in [2.24, 2.45) is 0 Å². The van der Waals surface area contributed by atoms with Crippen LogP contribution in [0.2, 0.25) is 0 Å². The summed E-state index contributed by atoms with van der Waals surface area (Å²) in [7, 11) is 1.84. The van der Waals surface area contributed by atoms with Crippen LogP contribution in [0.15, 0.2) is 0 Å². The highest BCUT2D eigenvalue weighted by atomic mass is 16.1. The molecular formula is C7H15N3O. The lowest BCUT2D eigenvalue weighted by Crippen LogP contribution is -2.32. The van der Waals surface area contributed by atoms with E-state index in [1.807, 2.05) is 7.05 Å². The largest absolute Gasteiger partial charge is 0.355 e. The molecule has 0 aliphatic rings. The van der Waals surface area contributed by atoms with E-state index in [4.69, 9.17) is 5.41 Å². The Kier molecular flexibility index (Phi) is 5.37. The number of nitrogens with zero attached hydrogens (tertiary/aromatic N) is 1. The van der Waals surface area contributed by atoms with Gasteiger partial charge < -0.3 is 10.2 Å². The van der Waals surface area contributed by atoms with Crippen LogP contribution in [-0.2, 0) is 4.79 Å². The second kappa shape index (κ2) is 5.85. The molecule has 0 rings (SSSR count). The number of nitrogens with one attached hydrogen (secondary N) is 2. The summed E-state index contributed by atoms with van der Waals surface area (Å²) >= 11 is 0. The Hall–Kier alpha value is -0.900. The van der Waals surface area contributed by atoms with Gasteiger partial charge in [0, 0.05) is 13.1 Å². The third-order valence-corrected chi connectivity index (χ3v) is 1.26. The Labute approximate surface area is 67.1 Å². The Morgan fingerprint density at radius 2 is 2.36 bits per heavy atom. The van der Waals surface area contributed by atoms with Gasteiger partial charge in [0.15, 0.2) is 0 Å². The molecule has 0 aromatic rings. The Balaban J connectivity index is 3.57. The van der Waals surface area contributed by atoms with Gasteiger partial charge in [-0.1, -0.05) is 0 Å². The number of rotatable bonds is 6. The van der Waals surface area contributed by atoms with Crippen molar-refractivity contribution >= 4 is 12.1 Å². The van der Waals surface area contributed by atoms with Crippen molar-refractivity contribution in [3.8, 4) is 0 Å². The topological polar surface area (TPSA) is 56.2 Å². The molecule has 2 N–H and O–H groups in total. The fraction of sp³-hybridized carbons (Fsp3) is 0.714. The molecule has 4 nitrogen and oxygen atoms in total. The normalized spacial score (nSPS) is 9.27. The van der Waals surface area contributed by atoms with E-state index in [2.05, 4.69) is 5.32 Å². The summed E-state index contributed by atoms with van der Waals surface area (Å²) in [6, 6.07) is 0. The first-order valence-electron chi connectivity index (χ1n) is 3.59. The van der Waals surface area contributed by atoms with Crippen LogP contribution in [-0.4, -0.2) is 43.7 Å². The molecular weight excluding hydrogens is 142 g/mol. The first kappa shape index (κ1) is 10.1. The lowest BCUT2D eigenvalue weighted by molar-refractivity contribution is -0.117. The molecule has 4 heteroatoms. The summed E-state index contributed by atoms with van der Waals surface area (Å²) in [5.74, 6) is 0.0876. The summed E-state index contributed by atoms with van der Waals surface area (Å²) in [5, 5.41) is 9.90. The fourth-order valence-electron chi connectivity index (χ4n) is 0.731. The predicted molar refractivity (Wildman–Crippen MR) is 45.0 cm³/mol. The molecule has 0 fully saturated rings. The molecule has 0 spiro atoms. The van der Waals surface area contributed by atoms with Gasteiger partial charge in [0.2, 0.25) is 0 Å². The van der Waals surface area contributed by atoms with Gasteiger partial charge in [0.1, 0.15) is 5.78 Å². The number of carbonyl (C=O) groups is 1. The Bertz CT molecular complexity index is 136. The highest BCUT2D eigenvalue weighted by Crippen LogP contribution is 1.81. The first-order chi connectivity index (χ1) is 5.20. The van der Waals surface area contributed by atoms with Crippen LogP contribution in [0, 0.1) is 5.41 Å². The molecule has 0 saturated carbocycles. The monoisotopic (exact) mass is 157 g/mol. The molecule has 0 aliphatic carbocycles. The van der Waals surface area contributed by atoms with Crippen molar-refractivity contribution in [1.82, 2.24) is 10.2 Å². The summed E-state index contributed by atoms with van der Waals surface area (Å²) in [5.41, 5.74) is 0. The van der Waals surface area contributed by atoms with Crippen molar-refractivity contribution in [3.63, 3.8) is 0 Å². The number of ketones is 1. The fourth-order valence-corrected chi connectivity index (χ4v) is 0.731. The molecule has 0 aromatic carbocycles. The molecule has 0 aliphatic heterocycles. The van der Waals surface area contributed by atoms with Crippen LogP contribution in [0.5, 0.6) is 0 Å². The molecule has 0 unspecified atom stereocenters. The summed E-state index contributed by atoms with van der Waals surface area (Å²) < 4.78 is 0. The number of likely N-dealkylation sites (N-methyl/N-ethyl adjacent to an activating group) is 1. The lowest BCUT2D eigenvalue weighted by atomic mass is 10.4. The van der Waals surface area contributed by atoms with Crippen molar-refractivity contribution in [2.45, 2.75) is 6.92 Å². The third-order valence-electron chi connectivity index (χ3n) is 1.26. The van der Waals surface area contributed by atoms with Crippen LogP contribution in [0.3, 0.4) is 0 Å². The molecule has 0 heterocycles. The average molecular weight is 157 g/mol. The van der Waals surface area contributed by atoms with Gasteiger partial charge in [0.05, 0.1) is 12.9 Å². The molecule has 0 radical (unpaired) electrons. The maximum absolute atomic E-state index is 10.6. The SMILES string of the molecule is CNCCN(C=N)CC(C)=O. The van der Waals surface area contributed by atoms with Gasteiger partial charge >= 0.3 is 0 Å². The van der Waals surface area contributed by atoms with Gasteiger partial charge in [-0.15, -0.1) is 0 Å². The van der Waals surface area contributed by atoms with Crippen LogP contribution in [0.4, 0.5) is 0 Å². The quantitative estimate of drug-likeness (QED) is 0.411. The zero-order valence-corrected chi connectivity index (χ0v) is 7.05. The summed E-state index contributed by atoms with van der Waals surface area (Å²) in [6.07, 6.45) is 1.19. The van der Waals surface area contributed by atoms with E-state index in [-0.39, 0.29) is 5.78 Å². The maximum atomic E-state index is 10.6.